The maximum atomic E-state index is 5.33. The fourth-order valence-electron chi connectivity index (χ4n) is 2.12. The Kier molecular flexibility index (Phi) is 4.63. The summed E-state index contributed by atoms with van der Waals surface area (Å²) in [4.78, 5) is 2.60. The van der Waals surface area contributed by atoms with Crippen molar-refractivity contribution in [3.05, 3.63) is 67.5 Å². The first-order valence-electron chi connectivity index (χ1n) is 6.44. The number of ether oxygens (including phenoxy) is 1. The highest BCUT2D eigenvalue weighted by molar-refractivity contribution is 9.10. The van der Waals surface area contributed by atoms with Gasteiger partial charge in [0.15, 0.2) is 0 Å². The summed E-state index contributed by atoms with van der Waals surface area (Å²) in [6.07, 6.45) is 0. The largest absolute Gasteiger partial charge is 0.497 e. The predicted octanol–water partition coefficient (Wildman–Crippen LogP) is 5.78. The molecule has 0 atom stereocenters. The third-order valence-electron chi connectivity index (χ3n) is 3.07. The summed E-state index contributed by atoms with van der Waals surface area (Å²) in [6.45, 7) is 0. The van der Waals surface area contributed by atoms with Crippen molar-refractivity contribution in [2.75, 3.05) is 12.4 Å². The summed E-state index contributed by atoms with van der Waals surface area (Å²) < 4.78 is 6.33. The zero-order valence-electron chi connectivity index (χ0n) is 11.4. The molecule has 1 aromatic carbocycles. The van der Waals surface area contributed by atoms with Crippen molar-refractivity contribution >= 4 is 44.3 Å². The van der Waals surface area contributed by atoms with Crippen LogP contribution >= 0.6 is 38.6 Å². The summed E-state index contributed by atoms with van der Waals surface area (Å²) in [7, 11) is 1.68. The zero-order chi connectivity index (χ0) is 14.7. The van der Waals surface area contributed by atoms with E-state index < -0.39 is 0 Å². The van der Waals surface area contributed by atoms with Crippen LogP contribution in [-0.2, 0) is 0 Å². The molecule has 0 bridgehead atoms. The van der Waals surface area contributed by atoms with Gasteiger partial charge >= 0.3 is 0 Å². The third kappa shape index (κ3) is 3.48. The van der Waals surface area contributed by atoms with E-state index in [9.17, 15) is 0 Å². The van der Waals surface area contributed by atoms with Crippen LogP contribution in [0.4, 0.5) is 5.69 Å². The molecule has 3 aromatic rings. The van der Waals surface area contributed by atoms with E-state index in [1.54, 1.807) is 29.8 Å². The van der Waals surface area contributed by atoms with Crippen LogP contribution in [0.1, 0.15) is 15.8 Å². The van der Waals surface area contributed by atoms with Crippen LogP contribution in [0.25, 0.3) is 0 Å². The molecule has 5 heteroatoms. The molecule has 0 saturated carbocycles. The lowest BCUT2D eigenvalue weighted by Gasteiger charge is -2.18. The first-order chi connectivity index (χ1) is 10.3. The molecule has 0 fully saturated rings. The van der Waals surface area contributed by atoms with Crippen molar-refractivity contribution in [1.82, 2.24) is 0 Å². The van der Waals surface area contributed by atoms with E-state index in [0.717, 1.165) is 15.9 Å². The van der Waals surface area contributed by atoms with Gasteiger partial charge in [-0.3, -0.25) is 0 Å². The second kappa shape index (κ2) is 6.64. The molecule has 0 radical (unpaired) electrons. The molecule has 2 heterocycles. The van der Waals surface area contributed by atoms with E-state index in [4.69, 9.17) is 4.74 Å². The lowest BCUT2D eigenvalue weighted by molar-refractivity contribution is 0.414. The molecule has 0 aliphatic heterocycles. The van der Waals surface area contributed by atoms with E-state index in [0.29, 0.717) is 0 Å². The smallest absolute Gasteiger partial charge is 0.122 e. The van der Waals surface area contributed by atoms with Gasteiger partial charge in [0.2, 0.25) is 0 Å². The zero-order valence-corrected chi connectivity index (χ0v) is 14.6. The maximum Gasteiger partial charge on any atom is 0.122 e. The Bertz CT molecular complexity index is 661. The Morgan fingerprint density at radius 1 is 1.05 bits per heavy atom. The van der Waals surface area contributed by atoms with E-state index in [-0.39, 0.29) is 6.04 Å². The number of hydrogen-bond acceptors (Lipinski definition) is 4. The number of benzene rings is 1. The van der Waals surface area contributed by atoms with Crippen molar-refractivity contribution in [3.63, 3.8) is 0 Å². The molecule has 1 N–H and O–H groups in total. The number of hydrogen-bond donors (Lipinski definition) is 1. The van der Waals surface area contributed by atoms with Crippen molar-refractivity contribution in [2.45, 2.75) is 6.04 Å². The molecule has 0 aliphatic carbocycles. The third-order valence-corrected chi connectivity index (χ3v) is 5.41. The summed E-state index contributed by atoms with van der Waals surface area (Å²) >= 11 is 7.05. The van der Waals surface area contributed by atoms with Crippen LogP contribution in [0, 0.1) is 0 Å². The molecular weight excluding hydrogens is 366 g/mol. The molecule has 0 spiro atoms. The fourth-order valence-corrected chi connectivity index (χ4v) is 4.26. The van der Waals surface area contributed by atoms with Gasteiger partial charge in [-0.15, -0.1) is 22.7 Å². The van der Waals surface area contributed by atoms with Crippen LogP contribution in [0.15, 0.2) is 57.7 Å². The van der Waals surface area contributed by atoms with Crippen molar-refractivity contribution in [1.29, 1.82) is 0 Å². The normalized spacial score (nSPS) is 10.8. The number of rotatable bonds is 5. The topological polar surface area (TPSA) is 21.3 Å². The lowest BCUT2D eigenvalue weighted by Crippen LogP contribution is -2.09. The summed E-state index contributed by atoms with van der Waals surface area (Å²) in [6, 6.07) is 14.7. The average molecular weight is 380 g/mol. The van der Waals surface area contributed by atoms with E-state index >= 15 is 0 Å². The molecule has 0 aliphatic rings. The highest BCUT2D eigenvalue weighted by atomic mass is 79.9. The Hall–Kier alpha value is -1.30. The Morgan fingerprint density at radius 2 is 1.71 bits per heavy atom. The predicted molar refractivity (Wildman–Crippen MR) is 94.8 cm³/mol. The standard InChI is InChI=1S/C16H14BrNOS2/c1-19-13-9-11(17)8-12(10-13)18-16(14-4-2-6-20-14)15-5-3-7-21-15/h2-10,16,18H,1H3. The minimum atomic E-state index is 0.170. The van der Waals surface area contributed by atoms with Gasteiger partial charge in [0, 0.05) is 26.0 Å². The minimum absolute atomic E-state index is 0.170. The van der Waals surface area contributed by atoms with Gasteiger partial charge in [-0.1, -0.05) is 28.1 Å². The molecule has 0 unspecified atom stereocenters. The minimum Gasteiger partial charge on any atom is -0.497 e. The van der Waals surface area contributed by atoms with Gasteiger partial charge in [-0.05, 0) is 35.0 Å². The van der Waals surface area contributed by atoms with Crippen LogP contribution in [0.3, 0.4) is 0 Å². The average Bonchev–Trinajstić information content (AvgIpc) is 3.17. The molecule has 0 amide bonds. The Morgan fingerprint density at radius 3 is 2.24 bits per heavy atom. The van der Waals surface area contributed by atoms with Gasteiger partial charge in [-0.2, -0.15) is 0 Å². The molecule has 108 valence electrons. The highest BCUT2D eigenvalue weighted by Gasteiger charge is 2.16. The van der Waals surface area contributed by atoms with Gasteiger partial charge < -0.3 is 10.1 Å². The van der Waals surface area contributed by atoms with Gasteiger partial charge in [0.25, 0.3) is 0 Å². The summed E-state index contributed by atoms with van der Waals surface area (Å²) in [5.41, 5.74) is 1.04. The van der Waals surface area contributed by atoms with Crippen molar-refractivity contribution in [3.8, 4) is 5.75 Å². The van der Waals surface area contributed by atoms with E-state index in [1.807, 2.05) is 12.1 Å². The molecule has 0 saturated heterocycles. The van der Waals surface area contributed by atoms with Gasteiger partial charge in [-0.25, -0.2) is 0 Å². The monoisotopic (exact) mass is 379 g/mol. The maximum absolute atomic E-state index is 5.33. The summed E-state index contributed by atoms with van der Waals surface area (Å²) in [5, 5.41) is 7.83. The van der Waals surface area contributed by atoms with E-state index in [1.165, 1.54) is 9.75 Å². The van der Waals surface area contributed by atoms with Crippen molar-refractivity contribution in [2.24, 2.45) is 0 Å². The van der Waals surface area contributed by atoms with Crippen LogP contribution < -0.4 is 10.1 Å². The number of thiophene rings is 2. The van der Waals surface area contributed by atoms with Crippen molar-refractivity contribution < 1.29 is 4.74 Å². The lowest BCUT2D eigenvalue weighted by atomic mass is 10.2. The number of nitrogens with one attached hydrogen (secondary N) is 1. The summed E-state index contributed by atoms with van der Waals surface area (Å²) in [5.74, 6) is 0.836. The van der Waals surface area contributed by atoms with E-state index in [2.05, 4.69) is 62.3 Å². The number of anilines is 1. The SMILES string of the molecule is COc1cc(Br)cc(NC(c2cccs2)c2cccs2)c1. The molecule has 2 nitrogen and oxygen atoms in total. The first-order valence-corrected chi connectivity index (χ1v) is 8.99. The highest BCUT2D eigenvalue weighted by Crippen LogP contribution is 2.34. The second-order valence-corrected chi connectivity index (χ2v) is 7.36. The van der Waals surface area contributed by atoms with Crippen LogP contribution in [-0.4, -0.2) is 7.11 Å². The van der Waals surface area contributed by atoms with Crippen LogP contribution in [0.2, 0.25) is 0 Å². The molecule has 2 aromatic heterocycles. The second-order valence-electron chi connectivity index (χ2n) is 4.49. The first kappa shape index (κ1) is 14.6. The number of methoxy groups -OCH3 is 1. The molecule has 3 rings (SSSR count). The number of halogens is 1. The quantitative estimate of drug-likeness (QED) is 0.606. The Balaban J connectivity index is 1.94. The molecular formula is C16H14BrNOS2. The van der Waals surface area contributed by atoms with Crippen LogP contribution in [0.5, 0.6) is 5.75 Å². The fraction of sp³-hybridized carbons (Fsp3) is 0.125. The molecule has 21 heavy (non-hydrogen) atoms. The van der Waals surface area contributed by atoms with Gasteiger partial charge in [0.05, 0.1) is 13.2 Å². The van der Waals surface area contributed by atoms with Gasteiger partial charge in [0.1, 0.15) is 5.75 Å². The Labute approximate surface area is 140 Å².